The molecule has 4 N–H and O–H groups in total. The highest BCUT2D eigenvalue weighted by atomic mass is 16.7. The maximum Gasteiger partial charge on any atom is 0.190 e. The molecule has 8 heterocycles. The van der Waals surface area contributed by atoms with Crippen LogP contribution in [0.3, 0.4) is 0 Å². The monoisotopic (exact) mass is 1050 g/mol. The molecule has 16 heteroatoms. The molecule has 8 aliphatic heterocycles. The van der Waals surface area contributed by atoms with E-state index in [4.69, 9.17) is 18.9 Å². The molecule has 8 bridgehead atoms. The molecule has 0 aromatic carbocycles. The summed E-state index contributed by atoms with van der Waals surface area (Å²) >= 11 is 0. The number of aliphatic hydroxyl groups is 4. The van der Waals surface area contributed by atoms with Gasteiger partial charge in [-0.15, -0.1) is 0 Å². The van der Waals surface area contributed by atoms with Gasteiger partial charge in [0.05, 0.1) is 23.7 Å². The average Bonchev–Trinajstić information content (AvgIpc) is 4.33. The van der Waals surface area contributed by atoms with Crippen LogP contribution in [0.25, 0.3) is 0 Å². The van der Waals surface area contributed by atoms with E-state index in [1.807, 2.05) is 0 Å². The Morgan fingerprint density at radius 2 is 0.487 bits per heavy atom. The van der Waals surface area contributed by atoms with Crippen molar-refractivity contribution in [1.29, 1.82) is 0 Å². The first-order valence-electron chi connectivity index (χ1n) is 29.2. The third kappa shape index (κ3) is 7.14. The zero-order chi connectivity index (χ0) is 53.0. The summed E-state index contributed by atoms with van der Waals surface area (Å²) in [6.45, 7) is 0. The highest BCUT2D eigenvalue weighted by molar-refractivity contribution is 6.09. The molecule has 16 aliphatic rings. The molecule has 4 spiro atoms. The fourth-order valence-corrected chi connectivity index (χ4v) is 18.3. The van der Waals surface area contributed by atoms with Crippen LogP contribution in [0.15, 0.2) is 44.6 Å². The van der Waals surface area contributed by atoms with Crippen molar-refractivity contribution >= 4 is 46.3 Å². The Balaban J connectivity index is 0.0000000970. The van der Waals surface area contributed by atoms with E-state index in [2.05, 4.69) is 0 Å². The van der Waals surface area contributed by atoms with Crippen LogP contribution in [0.2, 0.25) is 0 Å². The van der Waals surface area contributed by atoms with Gasteiger partial charge in [-0.3, -0.25) is 38.4 Å². The highest BCUT2D eigenvalue weighted by Crippen LogP contribution is 2.59. The Morgan fingerprint density at radius 1 is 0.276 bits per heavy atom. The highest BCUT2D eigenvalue weighted by Gasteiger charge is 2.67. The van der Waals surface area contributed by atoms with Gasteiger partial charge in [-0.05, 0) is 176 Å². The molecule has 408 valence electrons. The van der Waals surface area contributed by atoms with Crippen LogP contribution in [-0.4, -0.2) is 112 Å². The minimum atomic E-state index is -1.35. The molecule has 76 heavy (non-hydrogen) atoms. The van der Waals surface area contributed by atoms with Gasteiger partial charge in [0.25, 0.3) is 0 Å². The molecule has 0 aromatic rings. The third-order valence-corrected chi connectivity index (χ3v) is 21.7. The number of ether oxygens (including phenoxy) is 4. The Morgan fingerprint density at radius 3 is 0.697 bits per heavy atom. The van der Waals surface area contributed by atoms with Crippen molar-refractivity contribution in [1.82, 2.24) is 0 Å². The molecule has 16 nitrogen and oxygen atoms in total. The van der Waals surface area contributed by atoms with Crippen molar-refractivity contribution in [2.45, 2.75) is 251 Å². The second-order valence-electron chi connectivity index (χ2n) is 25.3. The van der Waals surface area contributed by atoms with E-state index < -0.39 is 45.6 Å². The second-order valence-corrected chi connectivity index (χ2v) is 25.3. The zero-order valence-electron chi connectivity index (χ0n) is 43.6. The number of ketones is 8. The van der Waals surface area contributed by atoms with E-state index in [-0.39, 0.29) is 69.9 Å². The largest absolute Gasteiger partial charge is 0.362 e. The van der Waals surface area contributed by atoms with Crippen LogP contribution in [0.1, 0.15) is 205 Å². The van der Waals surface area contributed by atoms with E-state index in [0.717, 1.165) is 147 Å². The van der Waals surface area contributed by atoms with Crippen LogP contribution in [-0.2, 0) is 57.3 Å². The predicted molar refractivity (Wildman–Crippen MR) is 265 cm³/mol. The summed E-state index contributed by atoms with van der Waals surface area (Å²) in [6, 6.07) is 0. The van der Waals surface area contributed by atoms with Crippen molar-refractivity contribution in [3.63, 3.8) is 0 Å². The standard InChI is InChI=1S/4C15H18O4/c4*16-12-6-5-11-13(17)9-3-1-4-10(9)15(18)8-2-7-14(11,12)19-15/h4*11,18H,1-8H2/t4*11-,14+,15-/m1100/s1. The quantitative estimate of drug-likeness (QED) is 0.199. The predicted octanol–water partition coefficient (Wildman–Crippen LogP) is 6.63. The van der Waals surface area contributed by atoms with Gasteiger partial charge in [-0.25, -0.2) is 0 Å². The fraction of sp³-hybridized carbons (Fsp3) is 0.733. The summed E-state index contributed by atoms with van der Waals surface area (Å²) in [5, 5.41) is 43.4. The van der Waals surface area contributed by atoms with E-state index in [0.29, 0.717) is 103 Å². The molecule has 4 saturated carbocycles. The van der Waals surface area contributed by atoms with Crippen LogP contribution in [0, 0.1) is 23.7 Å². The lowest BCUT2D eigenvalue weighted by molar-refractivity contribution is -0.266. The molecule has 16 rings (SSSR count). The minimum Gasteiger partial charge on any atom is -0.362 e. The second kappa shape index (κ2) is 17.8. The number of hydrogen-bond donors (Lipinski definition) is 4. The lowest BCUT2D eigenvalue weighted by atomic mass is 9.79. The third-order valence-electron chi connectivity index (χ3n) is 21.7. The first-order chi connectivity index (χ1) is 36.3. The Labute approximate surface area is 441 Å². The van der Waals surface area contributed by atoms with Crippen LogP contribution in [0.4, 0.5) is 0 Å². The Hall–Kier alpha value is -4.00. The number of Topliss-reactive ketones (excluding diaryl/α,β-unsaturated/α-hetero) is 8. The van der Waals surface area contributed by atoms with Gasteiger partial charge in [0.2, 0.25) is 0 Å². The average molecular weight is 1050 g/mol. The van der Waals surface area contributed by atoms with E-state index in [1.165, 1.54) is 0 Å². The summed E-state index contributed by atoms with van der Waals surface area (Å²) in [5.74, 6) is -6.42. The summed E-state index contributed by atoms with van der Waals surface area (Å²) in [5.41, 5.74) is 2.11. The van der Waals surface area contributed by atoms with Crippen molar-refractivity contribution in [3.05, 3.63) is 44.6 Å². The van der Waals surface area contributed by atoms with E-state index in [9.17, 15) is 58.8 Å². The van der Waals surface area contributed by atoms with Gasteiger partial charge in [0.1, 0.15) is 22.4 Å². The van der Waals surface area contributed by atoms with Crippen molar-refractivity contribution in [2.75, 3.05) is 0 Å². The molecule has 0 unspecified atom stereocenters. The normalized spacial score (nSPS) is 45.2. The first kappa shape index (κ1) is 51.4. The van der Waals surface area contributed by atoms with E-state index >= 15 is 0 Å². The number of allylic oxidation sites excluding steroid dienone is 4. The smallest absolute Gasteiger partial charge is 0.190 e. The Kier molecular flexibility index (Phi) is 12.0. The van der Waals surface area contributed by atoms with Gasteiger partial charge in [-0.1, -0.05) is 0 Å². The van der Waals surface area contributed by atoms with Crippen molar-refractivity contribution in [3.8, 4) is 0 Å². The number of fused-ring (bicyclic) bond motifs is 8. The lowest BCUT2D eigenvalue weighted by Gasteiger charge is -2.44. The SMILES string of the molecule is O=C1C2=C(CCC2)[C@@]2(O)CCC[C@@]3(O2)C(=O)CC[C@H]13.O=C1C2=C(CCC2)[C@@]2(O)CCC[C@@]3(O2)C(=O)CC[C@H]13.O=C1C2=C(CCC2)[C@]2(O)CCC[C@]3(O2)C(=O)CC[C@@H]13.O=C1C2=C(CCC2)[C@]2(O)CCC[C@]3(O2)C(=O)CC[C@@H]13. The molecule has 0 aromatic heterocycles. The van der Waals surface area contributed by atoms with E-state index in [1.54, 1.807) is 0 Å². The van der Waals surface area contributed by atoms with Crippen molar-refractivity contribution < 1.29 is 77.7 Å². The topological polar surface area (TPSA) is 254 Å². The molecule has 8 aliphatic carbocycles. The molecule has 4 saturated heterocycles. The molecule has 0 radical (unpaired) electrons. The number of carbonyl (C=O) groups is 8. The summed E-state index contributed by atoms with van der Waals surface area (Å²) < 4.78 is 23.9. The lowest BCUT2D eigenvalue weighted by Crippen LogP contribution is -2.54. The zero-order valence-corrected chi connectivity index (χ0v) is 43.6. The maximum absolute atomic E-state index is 12.7. The number of carbonyl (C=O) groups excluding carboxylic acids is 8. The van der Waals surface area contributed by atoms with Gasteiger partial charge in [-0.2, -0.15) is 0 Å². The first-order valence-corrected chi connectivity index (χ1v) is 29.2. The molecular weight excluding hydrogens is 977 g/mol. The van der Waals surface area contributed by atoms with Gasteiger partial charge >= 0.3 is 0 Å². The van der Waals surface area contributed by atoms with Gasteiger partial charge < -0.3 is 39.4 Å². The number of hydrogen-bond acceptors (Lipinski definition) is 16. The van der Waals surface area contributed by atoms with Crippen LogP contribution in [0.5, 0.6) is 0 Å². The summed E-state index contributed by atoms with van der Waals surface area (Å²) in [7, 11) is 0. The Bertz CT molecular complexity index is 2460. The summed E-state index contributed by atoms with van der Waals surface area (Å²) in [6.07, 6.45) is 20.9. The summed E-state index contributed by atoms with van der Waals surface area (Å²) in [4.78, 5) is 100. The fourth-order valence-electron chi connectivity index (χ4n) is 18.3. The molecule has 8 fully saturated rings. The van der Waals surface area contributed by atoms with Crippen LogP contribution < -0.4 is 0 Å². The molecule has 12 atom stereocenters. The number of rotatable bonds is 0. The van der Waals surface area contributed by atoms with Gasteiger partial charge in [0.15, 0.2) is 69.4 Å². The van der Waals surface area contributed by atoms with Crippen molar-refractivity contribution in [2.24, 2.45) is 23.7 Å². The molecule has 0 amide bonds. The molecular formula is C60H72O16. The van der Waals surface area contributed by atoms with Crippen LogP contribution >= 0.6 is 0 Å². The minimum absolute atomic E-state index is 0.0187. The maximum atomic E-state index is 12.7. The van der Waals surface area contributed by atoms with Gasteiger partial charge in [0, 0.05) is 73.7 Å².